The summed E-state index contributed by atoms with van der Waals surface area (Å²) in [4.78, 5) is 16.6. The molecule has 1 aromatic carbocycles. The molecular weight excluding hydrogens is 338 g/mol. The maximum atomic E-state index is 12.5. The van der Waals surface area contributed by atoms with E-state index in [-0.39, 0.29) is 17.2 Å². The molecule has 2 aliphatic rings. The number of rotatable bonds is 4. The lowest BCUT2D eigenvalue weighted by Crippen LogP contribution is -2.31. The molecule has 0 bridgehead atoms. The molecule has 5 nitrogen and oxygen atoms in total. The van der Waals surface area contributed by atoms with Gasteiger partial charge in [0.25, 0.3) is 0 Å². The number of nitrogens with zero attached hydrogens (tertiary/aromatic N) is 1. The van der Waals surface area contributed by atoms with E-state index in [0.717, 1.165) is 38.0 Å². The molecule has 1 spiro atoms. The van der Waals surface area contributed by atoms with Crippen molar-refractivity contribution in [3.8, 4) is 11.6 Å². The van der Waals surface area contributed by atoms with Crippen molar-refractivity contribution in [2.75, 3.05) is 18.4 Å². The topological polar surface area (TPSA) is 63.2 Å². The number of ether oxygens (including phenoxy) is 1. The summed E-state index contributed by atoms with van der Waals surface area (Å²) in [6, 6.07) is 10.8. The molecule has 1 aliphatic heterocycles. The van der Waals surface area contributed by atoms with E-state index in [4.69, 9.17) is 16.3 Å². The van der Waals surface area contributed by atoms with E-state index in [0.29, 0.717) is 16.7 Å². The average Bonchev–Trinajstić information content (AvgIpc) is 3.32. The monoisotopic (exact) mass is 357 g/mol. The lowest BCUT2D eigenvalue weighted by molar-refractivity contribution is -0.118. The molecule has 1 aliphatic carbocycles. The van der Waals surface area contributed by atoms with Crippen molar-refractivity contribution < 1.29 is 9.53 Å². The van der Waals surface area contributed by atoms with Crippen molar-refractivity contribution in [3.63, 3.8) is 0 Å². The third-order valence-electron chi connectivity index (χ3n) is 5.15. The number of amides is 1. The van der Waals surface area contributed by atoms with E-state index in [2.05, 4.69) is 15.6 Å². The zero-order chi connectivity index (χ0) is 17.3. The highest BCUT2D eigenvalue weighted by atomic mass is 35.5. The van der Waals surface area contributed by atoms with Gasteiger partial charge in [-0.1, -0.05) is 11.6 Å². The Balaban J connectivity index is 1.34. The van der Waals surface area contributed by atoms with Gasteiger partial charge in [-0.05, 0) is 68.1 Å². The van der Waals surface area contributed by atoms with Crippen molar-refractivity contribution in [2.24, 2.45) is 11.3 Å². The second kappa shape index (κ2) is 6.65. The lowest BCUT2D eigenvalue weighted by Gasteiger charge is -2.23. The normalized spacial score (nSPS) is 20.9. The Hall–Kier alpha value is -2.11. The summed E-state index contributed by atoms with van der Waals surface area (Å²) in [5.41, 5.74) is 1.04. The Bertz CT molecular complexity index is 755. The predicted octanol–water partition coefficient (Wildman–Crippen LogP) is 3.86. The van der Waals surface area contributed by atoms with E-state index >= 15 is 0 Å². The van der Waals surface area contributed by atoms with Crippen molar-refractivity contribution >= 4 is 23.2 Å². The number of hydrogen-bond donors (Lipinski definition) is 2. The Kier molecular flexibility index (Phi) is 4.36. The molecule has 25 heavy (non-hydrogen) atoms. The van der Waals surface area contributed by atoms with E-state index in [1.54, 1.807) is 12.1 Å². The van der Waals surface area contributed by atoms with Crippen LogP contribution in [0.4, 0.5) is 5.69 Å². The highest BCUT2D eigenvalue weighted by Crippen LogP contribution is 2.58. The summed E-state index contributed by atoms with van der Waals surface area (Å²) >= 11 is 5.81. The van der Waals surface area contributed by atoms with Crippen LogP contribution in [0.1, 0.15) is 19.3 Å². The minimum Gasteiger partial charge on any atom is -0.439 e. The fourth-order valence-electron chi connectivity index (χ4n) is 3.57. The molecule has 4 rings (SSSR count). The smallest absolute Gasteiger partial charge is 0.228 e. The molecule has 1 saturated heterocycles. The number of anilines is 1. The molecule has 2 heterocycles. The third-order valence-corrected chi connectivity index (χ3v) is 5.37. The Morgan fingerprint density at radius 1 is 1.20 bits per heavy atom. The Labute approximate surface area is 151 Å². The SMILES string of the molecule is O=C(Nc1ccc(Oc2ccc(Cl)cn2)cc1)C1CC12CCNCC2. The fraction of sp³-hybridized carbons (Fsp3) is 0.368. The minimum absolute atomic E-state index is 0.134. The quantitative estimate of drug-likeness (QED) is 0.872. The van der Waals surface area contributed by atoms with E-state index in [1.165, 1.54) is 6.20 Å². The second-order valence-electron chi connectivity index (χ2n) is 6.80. The first-order valence-electron chi connectivity index (χ1n) is 8.56. The predicted molar refractivity (Wildman–Crippen MR) is 97.0 cm³/mol. The summed E-state index contributed by atoms with van der Waals surface area (Å²) < 4.78 is 5.65. The molecule has 0 radical (unpaired) electrons. The van der Waals surface area contributed by atoms with E-state index in [1.807, 2.05) is 24.3 Å². The van der Waals surface area contributed by atoms with Gasteiger partial charge in [-0.3, -0.25) is 4.79 Å². The summed E-state index contributed by atoms with van der Waals surface area (Å²) in [7, 11) is 0. The van der Waals surface area contributed by atoms with E-state index < -0.39 is 0 Å². The minimum atomic E-state index is 0.134. The standard InChI is InChI=1S/C19H20ClN3O2/c20-13-1-6-17(22-12-13)25-15-4-2-14(3-5-15)23-18(24)16-11-19(16)7-9-21-10-8-19/h1-6,12,16,21H,7-11H2,(H,23,24). The molecule has 2 N–H and O–H groups in total. The van der Waals surface area contributed by atoms with Crippen molar-refractivity contribution in [3.05, 3.63) is 47.6 Å². The van der Waals surface area contributed by atoms with Gasteiger partial charge < -0.3 is 15.4 Å². The molecule has 6 heteroatoms. The molecule has 130 valence electrons. The van der Waals surface area contributed by atoms with Crippen LogP contribution in [-0.4, -0.2) is 24.0 Å². The number of pyridine rings is 1. The van der Waals surface area contributed by atoms with Gasteiger partial charge in [0.05, 0.1) is 5.02 Å². The highest BCUT2D eigenvalue weighted by Gasteiger charge is 2.57. The summed E-state index contributed by atoms with van der Waals surface area (Å²) in [5.74, 6) is 1.43. The van der Waals surface area contributed by atoms with E-state index in [9.17, 15) is 4.79 Å². The van der Waals surface area contributed by atoms with Gasteiger partial charge in [0, 0.05) is 23.9 Å². The number of carbonyl (C=O) groups excluding carboxylic acids is 1. The first kappa shape index (κ1) is 16.4. The largest absolute Gasteiger partial charge is 0.439 e. The van der Waals surface area contributed by atoms with Crippen LogP contribution >= 0.6 is 11.6 Å². The molecule has 1 atom stereocenters. The maximum Gasteiger partial charge on any atom is 0.228 e. The van der Waals surface area contributed by atoms with Crippen molar-refractivity contribution in [1.29, 1.82) is 0 Å². The van der Waals surface area contributed by atoms with Gasteiger partial charge in [0.15, 0.2) is 0 Å². The van der Waals surface area contributed by atoms with Crippen LogP contribution < -0.4 is 15.4 Å². The van der Waals surface area contributed by atoms with Crippen LogP contribution in [0.25, 0.3) is 0 Å². The van der Waals surface area contributed by atoms with Gasteiger partial charge in [0.1, 0.15) is 5.75 Å². The summed E-state index contributed by atoms with van der Waals surface area (Å²) in [6.07, 6.45) is 4.76. The summed E-state index contributed by atoms with van der Waals surface area (Å²) in [5, 5.41) is 6.95. The maximum absolute atomic E-state index is 12.5. The Morgan fingerprint density at radius 2 is 1.96 bits per heavy atom. The number of piperidine rings is 1. The Morgan fingerprint density at radius 3 is 2.64 bits per heavy atom. The average molecular weight is 358 g/mol. The van der Waals surface area contributed by atoms with Gasteiger partial charge >= 0.3 is 0 Å². The van der Waals surface area contributed by atoms with Crippen molar-refractivity contribution in [2.45, 2.75) is 19.3 Å². The van der Waals surface area contributed by atoms with Crippen molar-refractivity contribution in [1.82, 2.24) is 10.3 Å². The molecule has 1 saturated carbocycles. The zero-order valence-corrected chi connectivity index (χ0v) is 14.6. The lowest BCUT2D eigenvalue weighted by atomic mass is 9.92. The van der Waals surface area contributed by atoms with Gasteiger partial charge in [-0.2, -0.15) is 0 Å². The number of carbonyl (C=O) groups is 1. The molecule has 2 aromatic rings. The zero-order valence-electron chi connectivity index (χ0n) is 13.8. The van der Waals surface area contributed by atoms with Crippen LogP contribution in [0.15, 0.2) is 42.6 Å². The number of aromatic nitrogens is 1. The van der Waals surface area contributed by atoms with Gasteiger partial charge in [0.2, 0.25) is 11.8 Å². The molecule has 1 amide bonds. The summed E-state index contributed by atoms with van der Waals surface area (Å²) in [6.45, 7) is 2.04. The number of benzene rings is 1. The molecule has 2 fully saturated rings. The van der Waals surface area contributed by atoms with Gasteiger partial charge in [-0.25, -0.2) is 4.98 Å². The number of hydrogen-bond acceptors (Lipinski definition) is 4. The fourth-order valence-corrected chi connectivity index (χ4v) is 3.69. The number of nitrogens with one attached hydrogen (secondary N) is 2. The molecular formula is C19H20ClN3O2. The highest BCUT2D eigenvalue weighted by molar-refractivity contribution is 6.30. The molecule has 1 aromatic heterocycles. The second-order valence-corrected chi connectivity index (χ2v) is 7.24. The molecule has 1 unspecified atom stereocenters. The van der Waals surface area contributed by atoms with Crippen LogP contribution in [0.2, 0.25) is 5.02 Å². The van der Waals surface area contributed by atoms with Crippen LogP contribution in [0.5, 0.6) is 11.6 Å². The van der Waals surface area contributed by atoms with Crippen LogP contribution in [0, 0.1) is 11.3 Å². The van der Waals surface area contributed by atoms with Crippen LogP contribution in [0.3, 0.4) is 0 Å². The number of halogens is 1. The first-order chi connectivity index (χ1) is 12.1. The third kappa shape index (κ3) is 3.62. The van der Waals surface area contributed by atoms with Gasteiger partial charge in [-0.15, -0.1) is 0 Å². The first-order valence-corrected chi connectivity index (χ1v) is 8.94. The van der Waals surface area contributed by atoms with Crippen LogP contribution in [-0.2, 0) is 4.79 Å².